The Morgan fingerprint density at radius 3 is 2.43 bits per heavy atom. The van der Waals surface area contributed by atoms with Crippen molar-refractivity contribution in [2.45, 2.75) is 69.0 Å². The molecule has 0 spiro atoms. The summed E-state index contributed by atoms with van der Waals surface area (Å²) in [5, 5.41) is 15.6. The van der Waals surface area contributed by atoms with Crippen LogP contribution in [0.3, 0.4) is 0 Å². The SMILES string of the molecule is COCCNC1CCC(c2cnc(N)c3c(-c4cc(F)c(NS(=O)(=O)c5cc(OC(F)F)ccc5Cl)cc4F)nn(C(C)C)c23)CC1.[BH3-]C#N.[Na+]. The second-order valence-corrected chi connectivity index (χ2v) is 13.7. The summed E-state index contributed by atoms with van der Waals surface area (Å²) >= 11 is 5.99. The Labute approximate surface area is 322 Å². The van der Waals surface area contributed by atoms with Crippen LogP contribution >= 0.6 is 11.6 Å². The molecule has 4 N–H and O–H groups in total. The molecule has 0 saturated heterocycles. The number of nitrogens with one attached hydrogen (secondary N) is 2. The average molecular weight is 762 g/mol. The van der Waals surface area contributed by atoms with Gasteiger partial charge in [-0.2, -0.15) is 19.8 Å². The Kier molecular flexibility index (Phi) is 15.4. The van der Waals surface area contributed by atoms with Gasteiger partial charge in [0.25, 0.3) is 10.0 Å². The summed E-state index contributed by atoms with van der Waals surface area (Å²) in [6, 6.07) is 4.50. The van der Waals surface area contributed by atoms with E-state index in [-0.39, 0.29) is 71.5 Å². The maximum Gasteiger partial charge on any atom is 1.00 e. The van der Waals surface area contributed by atoms with E-state index in [0.717, 1.165) is 62.1 Å². The summed E-state index contributed by atoms with van der Waals surface area (Å²) in [5.41, 5.74) is 7.02. The van der Waals surface area contributed by atoms with Gasteiger partial charge in [-0.1, -0.05) is 11.6 Å². The first-order chi connectivity index (χ1) is 23.7. The number of benzene rings is 2. The standard InChI is InChI=1S/C31H35ClF4N6O4S.CH3BN.Na/c1-16(2)42-29-21(17-4-6-18(7-5-17)38-10-11-45-3)15-39-30(37)27(29)28(40-42)20-13-24(34)25(14-23(20)33)41-47(43,44)26-12-19(46-31(35)36)8-9-22(26)32;2-1-3;/h8-9,12-18,31,38,41H,4-7,10-11H2,1-3H3,(H2,37,39);2H3;/q;-1;+1. The van der Waals surface area contributed by atoms with Gasteiger partial charge in [-0.05, 0) is 69.2 Å². The number of hydrogen-bond donors (Lipinski definition) is 3. The van der Waals surface area contributed by atoms with Crippen molar-refractivity contribution in [1.82, 2.24) is 20.1 Å². The number of ether oxygens (including phenoxy) is 2. The molecule has 0 atom stereocenters. The topological polar surface area (TPSA) is 157 Å². The smallest absolute Gasteiger partial charge is 0.435 e. The summed E-state index contributed by atoms with van der Waals surface area (Å²) in [5.74, 6) is -0.381. The molecule has 0 aliphatic heterocycles. The molecule has 0 radical (unpaired) electrons. The van der Waals surface area contributed by atoms with Crippen LogP contribution in [0.4, 0.5) is 29.1 Å². The molecule has 0 bridgehead atoms. The second-order valence-electron chi connectivity index (χ2n) is 11.6. The third-order valence-electron chi connectivity index (χ3n) is 8.15. The van der Waals surface area contributed by atoms with Gasteiger partial charge < -0.3 is 20.5 Å². The first-order valence-corrected chi connectivity index (χ1v) is 17.0. The van der Waals surface area contributed by atoms with E-state index in [1.54, 1.807) is 18.0 Å². The molecule has 0 unspecified atom stereocenters. The van der Waals surface area contributed by atoms with Gasteiger partial charge in [0, 0.05) is 49.6 Å². The maximum absolute atomic E-state index is 15.8. The number of fused-ring (bicyclic) bond motifs is 1. The van der Waals surface area contributed by atoms with Crippen molar-refractivity contribution >= 4 is 51.9 Å². The number of anilines is 2. The predicted molar refractivity (Wildman–Crippen MR) is 187 cm³/mol. The van der Waals surface area contributed by atoms with E-state index in [1.165, 1.54) is 0 Å². The van der Waals surface area contributed by atoms with Crippen LogP contribution in [0, 0.1) is 22.9 Å². The van der Waals surface area contributed by atoms with Gasteiger partial charge >= 0.3 is 36.2 Å². The number of aromatic nitrogens is 3. The van der Waals surface area contributed by atoms with Crippen molar-refractivity contribution in [3.05, 3.63) is 58.7 Å². The van der Waals surface area contributed by atoms with Crippen LogP contribution in [0.25, 0.3) is 22.2 Å². The molecular weight excluding hydrogens is 724 g/mol. The Morgan fingerprint density at radius 1 is 1.16 bits per heavy atom. The van der Waals surface area contributed by atoms with Gasteiger partial charge in [0.05, 0.1) is 36.1 Å². The molecule has 2 aromatic heterocycles. The van der Waals surface area contributed by atoms with Crippen LogP contribution in [0.15, 0.2) is 41.4 Å². The van der Waals surface area contributed by atoms with Crippen LogP contribution in [-0.2, 0) is 14.8 Å². The normalized spacial score (nSPS) is 16.0. The molecule has 1 saturated carbocycles. The fourth-order valence-electron chi connectivity index (χ4n) is 5.93. The van der Waals surface area contributed by atoms with Crippen LogP contribution in [0.2, 0.25) is 5.02 Å². The van der Waals surface area contributed by atoms with Gasteiger partial charge in [0.2, 0.25) is 0 Å². The summed E-state index contributed by atoms with van der Waals surface area (Å²) in [6.07, 6.45) is 5.36. The van der Waals surface area contributed by atoms with Crippen LogP contribution in [0.1, 0.15) is 57.1 Å². The van der Waals surface area contributed by atoms with Crippen molar-refractivity contribution in [3.63, 3.8) is 0 Å². The molecule has 1 fully saturated rings. The molecular formula is C32H38BClF4N7NaO4S. The summed E-state index contributed by atoms with van der Waals surface area (Å²) < 4.78 is 95.9. The molecule has 1 aliphatic rings. The minimum atomic E-state index is -4.67. The zero-order valence-electron chi connectivity index (χ0n) is 27.8. The zero-order valence-corrected chi connectivity index (χ0v) is 31.4. The number of rotatable bonds is 12. The van der Waals surface area contributed by atoms with Gasteiger partial charge in [-0.3, -0.25) is 14.7 Å². The van der Waals surface area contributed by atoms with E-state index < -0.39 is 44.6 Å². The number of alkyl halides is 2. The van der Waals surface area contributed by atoms with E-state index in [2.05, 4.69) is 20.1 Å². The summed E-state index contributed by atoms with van der Waals surface area (Å²) in [6.45, 7) is 1.99. The molecule has 2 aromatic carbocycles. The number of nitriles is 1. The van der Waals surface area contributed by atoms with E-state index in [0.29, 0.717) is 29.6 Å². The van der Waals surface area contributed by atoms with E-state index in [4.69, 9.17) is 27.3 Å². The first-order valence-electron chi connectivity index (χ1n) is 15.2. The predicted octanol–water partition coefficient (Wildman–Crippen LogP) is 2.69. The minimum absolute atomic E-state index is 0. The molecule has 51 heavy (non-hydrogen) atoms. The van der Waals surface area contributed by atoms with Crippen LogP contribution in [0.5, 0.6) is 5.75 Å². The van der Waals surface area contributed by atoms with Gasteiger partial charge in [-0.15, -0.1) is 0 Å². The number of methoxy groups -OCH3 is 1. The van der Waals surface area contributed by atoms with Crippen molar-refractivity contribution in [1.29, 1.82) is 5.26 Å². The molecule has 5 rings (SSSR count). The number of nitrogens with zero attached hydrogens (tertiary/aromatic N) is 4. The monoisotopic (exact) mass is 761 g/mol. The number of hydrogen-bond acceptors (Lipinski definition) is 9. The molecule has 2 heterocycles. The molecule has 4 aromatic rings. The van der Waals surface area contributed by atoms with Crippen molar-refractivity contribution in [2.75, 3.05) is 30.7 Å². The maximum atomic E-state index is 15.8. The molecule has 270 valence electrons. The van der Waals surface area contributed by atoms with Gasteiger partial charge in [0.1, 0.15) is 33.8 Å². The van der Waals surface area contributed by atoms with E-state index in [1.807, 2.05) is 24.5 Å². The Morgan fingerprint density at radius 2 is 1.82 bits per heavy atom. The fourth-order valence-corrected chi connectivity index (χ4v) is 7.50. The van der Waals surface area contributed by atoms with Crippen molar-refractivity contribution < 1.29 is 65.0 Å². The summed E-state index contributed by atoms with van der Waals surface area (Å²) in [7, 11) is -2.94. The summed E-state index contributed by atoms with van der Waals surface area (Å²) in [4.78, 5) is 3.75. The molecule has 19 heteroatoms. The third kappa shape index (κ3) is 10.1. The number of nitrogen functional groups attached to an aromatic ring is 1. The van der Waals surface area contributed by atoms with Crippen molar-refractivity contribution in [3.8, 4) is 23.0 Å². The van der Waals surface area contributed by atoms with Gasteiger partial charge in [0.15, 0.2) is 0 Å². The number of halogens is 5. The van der Waals surface area contributed by atoms with E-state index in [9.17, 15) is 17.2 Å². The Balaban J connectivity index is 0.00000169. The van der Waals surface area contributed by atoms with Gasteiger partial charge in [-0.25, -0.2) is 22.2 Å². The second kappa shape index (κ2) is 18.6. The zero-order chi connectivity index (χ0) is 36.7. The minimum Gasteiger partial charge on any atom is -0.435 e. The molecule has 1 aliphatic carbocycles. The first kappa shape index (κ1) is 42.3. The molecule has 11 nitrogen and oxygen atoms in total. The number of nitrogens with two attached hydrogens (primary N) is 1. The average Bonchev–Trinajstić information content (AvgIpc) is 3.46. The Hall–Kier alpha value is -3.11. The fraction of sp³-hybridized carbons (Fsp3) is 0.406. The third-order valence-corrected chi connectivity index (χ3v) is 10.00. The molecule has 0 amide bonds. The number of sulfonamides is 1. The van der Waals surface area contributed by atoms with Crippen LogP contribution in [-0.4, -0.2) is 63.9 Å². The largest absolute Gasteiger partial charge is 1.00 e. The van der Waals surface area contributed by atoms with Crippen molar-refractivity contribution in [2.24, 2.45) is 0 Å². The number of pyridine rings is 1. The Bertz CT molecular complexity index is 1980. The van der Waals surface area contributed by atoms with E-state index >= 15 is 8.78 Å². The van der Waals surface area contributed by atoms with Crippen LogP contribution < -0.4 is 50.1 Å². The quantitative estimate of drug-likeness (QED) is 0.112.